The number of carboxylic acids is 2. The molecule has 0 saturated heterocycles. The molecule has 4 aromatic carbocycles. The van der Waals surface area contributed by atoms with Gasteiger partial charge in [-0.05, 0) is 74.7 Å². The van der Waals surface area contributed by atoms with E-state index in [-0.39, 0.29) is 25.4 Å². The molecule has 0 fully saturated rings. The molecule has 0 saturated carbocycles. The van der Waals surface area contributed by atoms with Gasteiger partial charge in [-0.3, -0.25) is 4.79 Å². The minimum absolute atomic E-state index is 0.0422. The molecular formula is C40H46O10. The summed E-state index contributed by atoms with van der Waals surface area (Å²) >= 11 is 0. The average molecular weight is 687 g/mol. The highest BCUT2D eigenvalue weighted by Crippen LogP contribution is 2.19. The SMILES string of the molecule is CCOC(Cc1ccc(OCC(=O)c2cccc(C)c2)cc1)C(=O)O.CCOC(Cc1ccc(OC[C@H](O)c2cccc(C)c2)cc1)C(=O)O. The van der Waals surface area contributed by atoms with Gasteiger partial charge < -0.3 is 34.3 Å². The molecule has 10 nitrogen and oxygen atoms in total. The Morgan fingerprint density at radius 1 is 0.640 bits per heavy atom. The van der Waals surface area contributed by atoms with Crippen molar-refractivity contribution in [2.75, 3.05) is 26.4 Å². The van der Waals surface area contributed by atoms with Gasteiger partial charge in [0.15, 0.2) is 24.6 Å². The molecule has 0 bridgehead atoms. The highest BCUT2D eigenvalue weighted by Gasteiger charge is 2.19. The maximum atomic E-state index is 12.1. The largest absolute Gasteiger partial charge is 0.491 e. The van der Waals surface area contributed by atoms with Crippen LogP contribution in [0, 0.1) is 13.8 Å². The number of aliphatic hydroxyl groups excluding tert-OH is 1. The number of hydrogen-bond acceptors (Lipinski definition) is 8. The molecule has 0 aromatic heterocycles. The lowest BCUT2D eigenvalue weighted by molar-refractivity contribution is -0.150. The van der Waals surface area contributed by atoms with Crippen molar-refractivity contribution in [1.29, 1.82) is 0 Å². The average Bonchev–Trinajstić information content (AvgIpc) is 3.10. The van der Waals surface area contributed by atoms with E-state index in [0.717, 1.165) is 27.8 Å². The highest BCUT2D eigenvalue weighted by molar-refractivity contribution is 5.97. The number of aliphatic carboxylic acids is 2. The van der Waals surface area contributed by atoms with Gasteiger partial charge in [-0.25, -0.2) is 9.59 Å². The van der Waals surface area contributed by atoms with Crippen molar-refractivity contribution in [2.24, 2.45) is 0 Å². The first-order chi connectivity index (χ1) is 24.0. The molecule has 50 heavy (non-hydrogen) atoms. The second-order valence-electron chi connectivity index (χ2n) is 11.6. The monoisotopic (exact) mass is 686 g/mol. The first-order valence-electron chi connectivity index (χ1n) is 16.5. The van der Waals surface area contributed by atoms with Crippen molar-refractivity contribution >= 4 is 17.7 Å². The third kappa shape index (κ3) is 13.5. The molecule has 0 radical (unpaired) electrons. The Labute approximate surface area is 293 Å². The lowest BCUT2D eigenvalue weighted by atomic mass is 10.1. The van der Waals surface area contributed by atoms with Crippen LogP contribution in [-0.4, -0.2) is 71.7 Å². The van der Waals surface area contributed by atoms with E-state index in [1.165, 1.54) is 0 Å². The fraction of sp³-hybridized carbons (Fsp3) is 0.325. The molecule has 0 heterocycles. The molecular weight excluding hydrogens is 640 g/mol. The minimum Gasteiger partial charge on any atom is -0.491 e. The van der Waals surface area contributed by atoms with Crippen LogP contribution in [0.25, 0.3) is 0 Å². The van der Waals surface area contributed by atoms with Gasteiger partial charge in [-0.1, -0.05) is 77.9 Å². The summed E-state index contributed by atoms with van der Waals surface area (Å²) in [6.45, 7) is 8.25. The van der Waals surface area contributed by atoms with Gasteiger partial charge in [0.25, 0.3) is 0 Å². The molecule has 0 amide bonds. The number of ether oxygens (including phenoxy) is 4. The van der Waals surface area contributed by atoms with Crippen LogP contribution in [-0.2, 0) is 31.9 Å². The third-order valence-corrected chi connectivity index (χ3v) is 7.52. The number of aryl methyl sites for hydroxylation is 2. The molecule has 266 valence electrons. The highest BCUT2D eigenvalue weighted by atomic mass is 16.5. The van der Waals surface area contributed by atoms with Crippen molar-refractivity contribution in [3.63, 3.8) is 0 Å². The predicted octanol–water partition coefficient (Wildman–Crippen LogP) is 6.43. The van der Waals surface area contributed by atoms with Crippen molar-refractivity contribution in [3.05, 3.63) is 130 Å². The molecule has 4 rings (SSSR count). The fourth-order valence-electron chi connectivity index (χ4n) is 4.91. The van der Waals surface area contributed by atoms with E-state index in [4.69, 9.17) is 29.2 Å². The zero-order valence-corrected chi connectivity index (χ0v) is 28.9. The number of aliphatic hydroxyl groups is 1. The normalized spacial score (nSPS) is 12.5. The summed E-state index contributed by atoms with van der Waals surface area (Å²) in [6, 6.07) is 29.2. The van der Waals surface area contributed by atoms with Crippen molar-refractivity contribution < 1.29 is 48.7 Å². The van der Waals surface area contributed by atoms with Gasteiger partial charge in [0, 0.05) is 31.6 Å². The van der Waals surface area contributed by atoms with Gasteiger partial charge in [-0.2, -0.15) is 0 Å². The van der Waals surface area contributed by atoms with Gasteiger partial charge in [0.05, 0.1) is 0 Å². The van der Waals surface area contributed by atoms with Gasteiger partial charge in [0.1, 0.15) is 24.2 Å². The molecule has 0 aliphatic heterocycles. The Kier molecular flexibility index (Phi) is 16.1. The first-order valence-corrected chi connectivity index (χ1v) is 16.5. The van der Waals surface area contributed by atoms with E-state index in [0.29, 0.717) is 36.7 Å². The van der Waals surface area contributed by atoms with E-state index >= 15 is 0 Å². The summed E-state index contributed by atoms with van der Waals surface area (Å²) < 4.78 is 21.6. The number of Topliss-reactive ketones (excluding diaryl/α,β-unsaturated/α-hetero) is 1. The Hall–Kier alpha value is -5.03. The van der Waals surface area contributed by atoms with Crippen LogP contribution in [0.5, 0.6) is 11.5 Å². The van der Waals surface area contributed by atoms with Gasteiger partial charge in [0.2, 0.25) is 0 Å². The molecule has 4 aromatic rings. The number of carbonyl (C=O) groups excluding carboxylic acids is 1. The van der Waals surface area contributed by atoms with E-state index < -0.39 is 30.3 Å². The quantitative estimate of drug-likeness (QED) is 0.100. The van der Waals surface area contributed by atoms with Crippen LogP contribution >= 0.6 is 0 Å². The fourth-order valence-corrected chi connectivity index (χ4v) is 4.91. The number of rotatable bonds is 18. The molecule has 10 heteroatoms. The summed E-state index contributed by atoms with van der Waals surface area (Å²) in [7, 11) is 0. The van der Waals surface area contributed by atoms with Crippen LogP contribution in [0.3, 0.4) is 0 Å². The number of carbonyl (C=O) groups is 3. The molecule has 0 aliphatic carbocycles. The smallest absolute Gasteiger partial charge is 0.333 e. The van der Waals surface area contributed by atoms with Crippen molar-refractivity contribution in [2.45, 2.75) is 58.8 Å². The van der Waals surface area contributed by atoms with E-state index in [1.54, 1.807) is 56.3 Å². The minimum atomic E-state index is -0.981. The Balaban J connectivity index is 0.000000270. The second-order valence-corrected chi connectivity index (χ2v) is 11.6. The molecule has 2 unspecified atom stereocenters. The molecule has 3 atom stereocenters. The maximum Gasteiger partial charge on any atom is 0.333 e. The van der Waals surface area contributed by atoms with Crippen LogP contribution in [0.4, 0.5) is 0 Å². The number of benzene rings is 4. The molecule has 0 spiro atoms. The maximum absolute atomic E-state index is 12.1. The third-order valence-electron chi connectivity index (χ3n) is 7.52. The standard InChI is InChI=1S/C20H24O5.C20H22O5/c2*1-3-24-19(20(22)23)12-15-7-9-17(10-8-15)25-13-18(21)16-6-4-5-14(2)11-16/h4-11,18-19,21H,3,12-13H2,1-2H3,(H,22,23);4-11,19H,3,12-13H2,1-2H3,(H,22,23)/t18-,19?;/m0./s1. The summed E-state index contributed by atoms with van der Waals surface area (Å²) in [4.78, 5) is 34.4. The predicted molar refractivity (Wildman–Crippen MR) is 189 cm³/mol. The number of hydrogen-bond donors (Lipinski definition) is 3. The Morgan fingerprint density at radius 3 is 1.58 bits per heavy atom. The van der Waals surface area contributed by atoms with Gasteiger partial charge >= 0.3 is 11.9 Å². The summed E-state index contributed by atoms with van der Waals surface area (Å²) in [5, 5.41) is 28.4. The van der Waals surface area contributed by atoms with E-state index in [1.807, 2.05) is 68.4 Å². The Morgan fingerprint density at radius 2 is 1.12 bits per heavy atom. The number of ketones is 1. The number of carboxylic acid groups (broad SMARTS) is 2. The lowest BCUT2D eigenvalue weighted by Crippen LogP contribution is -2.26. The zero-order valence-electron chi connectivity index (χ0n) is 28.9. The van der Waals surface area contributed by atoms with Crippen LogP contribution in [0.2, 0.25) is 0 Å². The summed E-state index contributed by atoms with van der Waals surface area (Å²) in [5.41, 5.74) is 5.24. The molecule has 0 aliphatic rings. The van der Waals surface area contributed by atoms with Gasteiger partial charge in [-0.15, -0.1) is 0 Å². The van der Waals surface area contributed by atoms with E-state index in [2.05, 4.69) is 0 Å². The summed E-state index contributed by atoms with van der Waals surface area (Å²) in [5.74, 6) is -0.851. The lowest BCUT2D eigenvalue weighted by Gasteiger charge is -2.14. The van der Waals surface area contributed by atoms with E-state index in [9.17, 15) is 19.5 Å². The summed E-state index contributed by atoms with van der Waals surface area (Å²) in [6.07, 6.45) is -1.82. The zero-order chi connectivity index (χ0) is 36.5. The van der Waals surface area contributed by atoms with Crippen LogP contribution in [0.1, 0.15) is 58.1 Å². The van der Waals surface area contributed by atoms with Crippen LogP contribution < -0.4 is 9.47 Å². The first kappa shape index (κ1) is 39.4. The topological polar surface area (TPSA) is 149 Å². The molecule has 3 N–H and O–H groups in total. The van der Waals surface area contributed by atoms with Crippen molar-refractivity contribution in [3.8, 4) is 11.5 Å². The van der Waals surface area contributed by atoms with Crippen LogP contribution in [0.15, 0.2) is 97.1 Å². The van der Waals surface area contributed by atoms with Crippen molar-refractivity contribution in [1.82, 2.24) is 0 Å². The second kappa shape index (κ2) is 20.5. The Bertz CT molecular complexity index is 1650.